The molecule has 2 amide bonds. The molecule has 3 rings (SSSR count). The molecule has 1 saturated heterocycles. The summed E-state index contributed by atoms with van der Waals surface area (Å²) in [6, 6.07) is 16.0. The van der Waals surface area contributed by atoms with Crippen LogP contribution in [0.3, 0.4) is 0 Å². The highest BCUT2D eigenvalue weighted by Gasteiger charge is 2.31. The minimum Gasteiger partial charge on any atom is -0.491 e. The second-order valence-corrected chi connectivity index (χ2v) is 7.47. The molecule has 0 aliphatic carbocycles. The maximum Gasteiger partial charge on any atom is 0.313 e. The predicted molar refractivity (Wildman–Crippen MR) is 111 cm³/mol. The van der Waals surface area contributed by atoms with Crippen molar-refractivity contribution in [3.63, 3.8) is 0 Å². The third-order valence-electron chi connectivity index (χ3n) is 4.80. The van der Waals surface area contributed by atoms with E-state index in [1.165, 1.54) is 4.90 Å². The van der Waals surface area contributed by atoms with Gasteiger partial charge in [-0.05, 0) is 51.0 Å². The fourth-order valence-corrected chi connectivity index (χ4v) is 3.46. The van der Waals surface area contributed by atoms with Gasteiger partial charge in [-0.3, -0.25) is 14.4 Å². The van der Waals surface area contributed by atoms with Crippen molar-refractivity contribution in [2.24, 2.45) is 5.92 Å². The lowest BCUT2D eigenvalue weighted by Crippen LogP contribution is -2.46. The lowest BCUT2D eigenvalue weighted by atomic mass is 9.90. The van der Waals surface area contributed by atoms with E-state index < -0.39 is 11.8 Å². The fourth-order valence-electron chi connectivity index (χ4n) is 3.46. The summed E-state index contributed by atoms with van der Waals surface area (Å²) in [5.41, 5.74) is 1.13. The number of hydrogen-bond donors (Lipinski definition) is 1. The maximum absolute atomic E-state index is 13.0. The average molecular weight is 394 g/mol. The Morgan fingerprint density at radius 1 is 1.07 bits per heavy atom. The van der Waals surface area contributed by atoms with Gasteiger partial charge in [0.2, 0.25) is 0 Å². The molecule has 1 fully saturated rings. The molecule has 1 aliphatic rings. The zero-order valence-corrected chi connectivity index (χ0v) is 16.8. The minimum absolute atomic E-state index is 0.0197. The van der Waals surface area contributed by atoms with Crippen molar-refractivity contribution < 1.29 is 19.1 Å². The van der Waals surface area contributed by atoms with E-state index in [0.29, 0.717) is 36.4 Å². The quantitative estimate of drug-likeness (QED) is 0.622. The molecule has 0 unspecified atom stereocenters. The van der Waals surface area contributed by atoms with Gasteiger partial charge in [0.1, 0.15) is 5.75 Å². The number of amides is 2. The molecular weight excluding hydrogens is 368 g/mol. The third-order valence-corrected chi connectivity index (χ3v) is 4.80. The van der Waals surface area contributed by atoms with Crippen molar-refractivity contribution in [1.29, 1.82) is 0 Å². The van der Waals surface area contributed by atoms with Gasteiger partial charge < -0.3 is 15.0 Å². The summed E-state index contributed by atoms with van der Waals surface area (Å²) < 4.78 is 5.67. The fraction of sp³-hybridized carbons (Fsp3) is 0.348. The Morgan fingerprint density at radius 3 is 2.55 bits per heavy atom. The molecule has 0 aromatic heterocycles. The van der Waals surface area contributed by atoms with E-state index in [9.17, 15) is 14.4 Å². The molecule has 1 N–H and O–H groups in total. The van der Waals surface area contributed by atoms with Gasteiger partial charge in [-0.1, -0.05) is 30.3 Å². The zero-order valence-electron chi connectivity index (χ0n) is 16.8. The van der Waals surface area contributed by atoms with Crippen LogP contribution in [0, 0.1) is 5.92 Å². The van der Waals surface area contributed by atoms with Crippen LogP contribution in [0.1, 0.15) is 37.0 Å². The second-order valence-electron chi connectivity index (χ2n) is 7.47. The van der Waals surface area contributed by atoms with Gasteiger partial charge >= 0.3 is 11.8 Å². The molecule has 0 saturated carbocycles. The van der Waals surface area contributed by atoms with Gasteiger partial charge in [-0.2, -0.15) is 0 Å². The van der Waals surface area contributed by atoms with E-state index in [-0.39, 0.29) is 24.3 Å². The monoisotopic (exact) mass is 394 g/mol. The Morgan fingerprint density at radius 2 is 1.83 bits per heavy atom. The standard InChI is InChI=1S/C23H26N2O4/c1-16(2)29-20-12-6-8-17(14-20)21(26)18-9-7-13-25(15-18)23(28)22(27)24-19-10-4-3-5-11-19/h3-6,8,10-12,14,16,18H,7,9,13,15H2,1-2H3,(H,24,27)/t18-/m0/s1. The van der Waals surface area contributed by atoms with E-state index in [1.54, 1.807) is 42.5 Å². The topological polar surface area (TPSA) is 75.7 Å². The van der Waals surface area contributed by atoms with Gasteiger partial charge in [0.05, 0.1) is 6.10 Å². The first-order valence-corrected chi connectivity index (χ1v) is 9.90. The molecule has 0 radical (unpaired) electrons. The summed E-state index contributed by atoms with van der Waals surface area (Å²) in [5, 5.41) is 2.61. The number of ether oxygens (including phenoxy) is 1. The Bertz CT molecular complexity index is 879. The molecule has 1 atom stereocenters. The highest BCUT2D eigenvalue weighted by atomic mass is 16.5. The van der Waals surface area contributed by atoms with E-state index in [4.69, 9.17) is 4.74 Å². The van der Waals surface area contributed by atoms with Gasteiger partial charge in [0.25, 0.3) is 0 Å². The molecule has 2 aromatic rings. The van der Waals surface area contributed by atoms with Crippen molar-refractivity contribution >= 4 is 23.3 Å². The number of carbonyl (C=O) groups is 3. The SMILES string of the molecule is CC(C)Oc1cccc(C(=O)[C@H]2CCCN(C(=O)C(=O)Nc3ccccc3)C2)c1. The summed E-state index contributed by atoms with van der Waals surface area (Å²) >= 11 is 0. The van der Waals surface area contributed by atoms with Crippen LogP contribution in [0.15, 0.2) is 54.6 Å². The van der Waals surface area contributed by atoms with Crippen molar-refractivity contribution in [3.8, 4) is 5.75 Å². The molecular formula is C23H26N2O4. The number of likely N-dealkylation sites (tertiary alicyclic amines) is 1. The first-order chi connectivity index (χ1) is 13.9. The number of ketones is 1. The average Bonchev–Trinajstić information content (AvgIpc) is 2.73. The summed E-state index contributed by atoms with van der Waals surface area (Å²) in [7, 11) is 0. The Labute approximate surface area is 170 Å². The van der Waals surface area contributed by atoms with Crippen LogP contribution in [0.5, 0.6) is 5.75 Å². The highest BCUT2D eigenvalue weighted by molar-refractivity contribution is 6.39. The van der Waals surface area contributed by atoms with Crippen LogP contribution in [0.25, 0.3) is 0 Å². The molecule has 1 heterocycles. The molecule has 6 heteroatoms. The van der Waals surface area contributed by atoms with Gasteiger partial charge in [0.15, 0.2) is 5.78 Å². The van der Waals surface area contributed by atoms with Gasteiger partial charge in [0, 0.05) is 30.3 Å². The van der Waals surface area contributed by atoms with E-state index in [2.05, 4.69) is 5.32 Å². The van der Waals surface area contributed by atoms with Crippen molar-refractivity contribution in [1.82, 2.24) is 4.90 Å². The molecule has 29 heavy (non-hydrogen) atoms. The summed E-state index contributed by atoms with van der Waals surface area (Å²) in [5.74, 6) is -0.997. The van der Waals surface area contributed by atoms with Crippen LogP contribution in [-0.4, -0.2) is 41.7 Å². The number of para-hydroxylation sites is 1. The number of rotatable bonds is 5. The Kier molecular flexibility index (Phi) is 6.65. The number of nitrogens with one attached hydrogen (secondary N) is 1. The maximum atomic E-state index is 13.0. The second kappa shape index (κ2) is 9.37. The molecule has 6 nitrogen and oxygen atoms in total. The number of hydrogen-bond acceptors (Lipinski definition) is 4. The number of nitrogens with zero attached hydrogens (tertiary/aromatic N) is 1. The normalized spacial score (nSPS) is 16.4. The zero-order chi connectivity index (χ0) is 20.8. The Balaban J connectivity index is 1.64. The highest BCUT2D eigenvalue weighted by Crippen LogP contribution is 2.24. The third kappa shape index (κ3) is 5.44. The molecule has 0 bridgehead atoms. The van der Waals surface area contributed by atoms with Crippen LogP contribution in [0.2, 0.25) is 0 Å². The first-order valence-electron chi connectivity index (χ1n) is 9.90. The van der Waals surface area contributed by atoms with E-state index in [0.717, 1.165) is 0 Å². The predicted octanol–water partition coefficient (Wildman–Crippen LogP) is 3.53. The van der Waals surface area contributed by atoms with Crippen LogP contribution >= 0.6 is 0 Å². The lowest BCUT2D eigenvalue weighted by molar-refractivity contribution is -0.144. The number of Topliss-reactive ketones (excluding diaryl/α,β-unsaturated/α-hetero) is 1. The first kappa shape index (κ1) is 20.6. The van der Waals surface area contributed by atoms with Crippen LogP contribution < -0.4 is 10.1 Å². The van der Waals surface area contributed by atoms with Gasteiger partial charge in [-0.15, -0.1) is 0 Å². The van der Waals surface area contributed by atoms with Crippen molar-refractivity contribution in [2.75, 3.05) is 18.4 Å². The molecule has 1 aliphatic heterocycles. The summed E-state index contributed by atoms with van der Waals surface area (Å²) in [4.78, 5) is 39.3. The van der Waals surface area contributed by atoms with Crippen LogP contribution in [0.4, 0.5) is 5.69 Å². The minimum atomic E-state index is -0.684. The number of anilines is 1. The molecule has 152 valence electrons. The van der Waals surface area contributed by atoms with E-state index >= 15 is 0 Å². The van der Waals surface area contributed by atoms with Crippen LogP contribution in [-0.2, 0) is 9.59 Å². The number of carbonyl (C=O) groups excluding carboxylic acids is 3. The van der Waals surface area contributed by atoms with Crippen molar-refractivity contribution in [2.45, 2.75) is 32.8 Å². The Hall–Kier alpha value is -3.15. The number of piperidine rings is 1. The summed E-state index contributed by atoms with van der Waals surface area (Å²) in [6.45, 7) is 4.58. The smallest absolute Gasteiger partial charge is 0.313 e. The van der Waals surface area contributed by atoms with Crippen molar-refractivity contribution in [3.05, 3.63) is 60.2 Å². The summed E-state index contributed by atoms with van der Waals surface area (Å²) in [6.07, 6.45) is 1.40. The van der Waals surface area contributed by atoms with E-state index in [1.807, 2.05) is 26.0 Å². The number of benzene rings is 2. The lowest BCUT2D eigenvalue weighted by Gasteiger charge is -2.31. The van der Waals surface area contributed by atoms with Gasteiger partial charge in [-0.25, -0.2) is 0 Å². The molecule has 2 aromatic carbocycles. The largest absolute Gasteiger partial charge is 0.491 e. The molecule has 0 spiro atoms.